The van der Waals surface area contributed by atoms with Crippen LogP contribution >= 0.6 is 0 Å². The number of benzene rings is 2. The minimum Gasteiger partial charge on any atom is -0.456 e. The number of ether oxygens (including phenoxy) is 2. The fraction of sp³-hybridized carbons (Fsp3) is 0.217. The second-order valence-corrected chi connectivity index (χ2v) is 9.16. The van der Waals surface area contributed by atoms with Gasteiger partial charge in [-0.05, 0) is 56.3 Å². The SMILES string of the molecule is Cc1cc(C(=O)COC(=O)CNS(=O)(=O)c2c(F)cccc2F)c(C)n1-c1ccc(OC(F)F)cc1. The van der Waals surface area contributed by atoms with E-state index in [1.54, 1.807) is 29.2 Å². The van der Waals surface area contributed by atoms with Crippen LogP contribution in [0.5, 0.6) is 5.75 Å². The molecular weight excluding hydrogens is 508 g/mol. The monoisotopic (exact) mass is 528 g/mol. The Morgan fingerprint density at radius 3 is 2.22 bits per heavy atom. The quantitative estimate of drug-likeness (QED) is 0.245. The van der Waals surface area contributed by atoms with Crippen LogP contribution in [-0.4, -0.2) is 44.5 Å². The third-order valence-electron chi connectivity index (χ3n) is 5.01. The molecule has 0 aliphatic heterocycles. The number of nitrogens with zero attached hydrogens (tertiary/aromatic N) is 1. The first-order valence-electron chi connectivity index (χ1n) is 10.3. The minimum absolute atomic E-state index is 0.0345. The van der Waals surface area contributed by atoms with Crippen LogP contribution < -0.4 is 9.46 Å². The maximum atomic E-state index is 13.7. The van der Waals surface area contributed by atoms with Gasteiger partial charge in [-0.2, -0.15) is 13.5 Å². The number of hydrogen-bond donors (Lipinski definition) is 1. The number of sulfonamides is 1. The summed E-state index contributed by atoms with van der Waals surface area (Å²) < 4.78 is 88.9. The topological polar surface area (TPSA) is 104 Å². The number of carbonyl (C=O) groups is 2. The first-order chi connectivity index (χ1) is 16.9. The number of ketones is 1. The number of nitrogens with one attached hydrogen (secondary N) is 1. The Morgan fingerprint density at radius 1 is 1.03 bits per heavy atom. The number of carbonyl (C=O) groups excluding carboxylic acids is 2. The molecule has 0 saturated carbocycles. The summed E-state index contributed by atoms with van der Waals surface area (Å²) >= 11 is 0. The van der Waals surface area contributed by atoms with Gasteiger partial charge in [0.25, 0.3) is 0 Å². The van der Waals surface area contributed by atoms with Crippen LogP contribution in [-0.2, 0) is 19.6 Å². The van der Waals surface area contributed by atoms with Crippen molar-refractivity contribution >= 4 is 21.8 Å². The van der Waals surface area contributed by atoms with E-state index in [9.17, 15) is 35.6 Å². The molecule has 13 heteroatoms. The fourth-order valence-corrected chi connectivity index (χ4v) is 4.56. The van der Waals surface area contributed by atoms with Gasteiger partial charge in [-0.1, -0.05) is 6.07 Å². The second-order valence-electron chi connectivity index (χ2n) is 7.45. The molecule has 1 heterocycles. The van der Waals surface area contributed by atoms with Crippen LogP contribution in [0.1, 0.15) is 21.7 Å². The molecule has 0 saturated heterocycles. The van der Waals surface area contributed by atoms with Gasteiger partial charge in [-0.3, -0.25) is 9.59 Å². The Kier molecular flexibility index (Phi) is 8.15. The highest BCUT2D eigenvalue weighted by atomic mass is 32.2. The minimum atomic E-state index is -4.70. The molecule has 0 aliphatic rings. The smallest absolute Gasteiger partial charge is 0.387 e. The summed E-state index contributed by atoms with van der Waals surface area (Å²) in [5, 5.41) is 0. The molecule has 0 fully saturated rings. The lowest BCUT2D eigenvalue weighted by Gasteiger charge is -2.11. The molecule has 0 amide bonds. The van der Waals surface area contributed by atoms with Crippen molar-refractivity contribution in [2.24, 2.45) is 0 Å². The van der Waals surface area contributed by atoms with Gasteiger partial charge in [-0.25, -0.2) is 17.2 Å². The Balaban J connectivity index is 1.63. The normalized spacial score (nSPS) is 11.5. The standard InChI is InChI=1S/C23H20F4N2O6S/c1-13-10-17(14(2)29(13)15-6-8-16(9-7-15)35-23(26)27)20(30)12-34-21(31)11-28-36(32,33)22-18(24)4-3-5-19(22)25/h3-10,23,28H,11-12H2,1-2H3. The summed E-state index contributed by atoms with van der Waals surface area (Å²) in [5.41, 5.74) is 1.89. The maximum Gasteiger partial charge on any atom is 0.387 e. The second kappa shape index (κ2) is 10.9. The van der Waals surface area contributed by atoms with Crippen molar-refractivity contribution in [2.45, 2.75) is 25.4 Å². The molecule has 0 spiro atoms. The van der Waals surface area contributed by atoms with Gasteiger partial charge >= 0.3 is 12.6 Å². The van der Waals surface area contributed by atoms with Crippen LogP contribution in [0.2, 0.25) is 0 Å². The van der Waals surface area contributed by atoms with Gasteiger partial charge < -0.3 is 14.0 Å². The van der Waals surface area contributed by atoms with E-state index >= 15 is 0 Å². The van der Waals surface area contributed by atoms with Crippen molar-refractivity contribution in [1.82, 2.24) is 9.29 Å². The largest absolute Gasteiger partial charge is 0.456 e. The average Bonchev–Trinajstić information content (AvgIpc) is 3.10. The van der Waals surface area contributed by atoms with Gasteiger partial charge in [0.15, 0.2) is 11.5 Å². The van der Waals surface area contributed by atoms with Crippen LogP contribution in [0, 0.1) is 25.5 Å². The van der Waals surface area contributed by atoms with E-state index in [4.69, 9.17) is 4.74 Å². The number of Topliss-reactive ketones (excluding diaryl/α,β-unsaturated/α-hetero) is 1. The van der Waals surface area contributed by atoms with Gasteiger partial charge in [0.1, 0.15) is 23.9 Å². The lowest BCUT2D eigenvalue weighted by Crippen LogP contribution is -2.32. The Bertz CT molecular complexity index is 1370. The molecule has 0 bridgehead atoms. The summed E-state index contributed by atoms with van der Waals surface area (Å²) in [6, 6.07) is 9.76. The van der Waals surface area contributed by atoms with Crippen molar-refractivity contribution in [3.63, 3.8) is 0 Å². The van der Waals surface area contributed by atoms with Crippen molar-refractivity contribution in [3.8, 4) is 11.4 Å². The molecule has 1 aromatic heterocycles. The first-order valence-corrected chi connectivity index (χ1v) is 11.8. The average molecular weight is 528 g/mol. The van der Waals surface area contributed by atoms with Crippen LogP contribution in [0.4, 0.5) is 17.6 Å². The third-order valence-corrected chi connectivity index (χ3v) is 6.46. The van der Waals surface area contributed by atoms with Crippen LogP contribution in [0.25, 0.3) is 5.69 Å². The van der Waals surface area contributed by atoms with E-state index in [1.807, 2.05) is 0 Å². The van der Waals surface area contributed by atoms with E-state index in [0.29, 0.717) is 17.1 Å². The number of hydrogen-bond acceptors (Lipinski definition) is 6. The summed E-state index contributed by atoms with van der Waals surface area (Å²) in [5.74, 6) is -4.45. The van der Waals surface area contributed by atoms with Gasteiger partial charge in [0.2, 0.25) is 15.8 Å². The molecule has 3 aromatic rings. The molecule has 3 rings (SSSR count). The molecule has 0 unspecified atom stereocenters. The van der Waals surface area contributed by atoms with Crippen molar-refractivity contribution in [1.29, 1.82) is 0 Å². The number of rotatable bonds is 10. The zero-order valence-corrected chi connectivity index (χ0v) is 19.7. The molecule has 8 nitrogen and oxygen atoms in total. The summed E-state index contributed by atoms with van der Waals surface area (Å²) in [7, 11) is -4.70. The number of alkyl halides is 2. The number of aromatic nitrogens is 1. The lowest BCUT2D eigenvalue weighted by molar-refractivity contribution is -0.141. The molecular formula is C23H20F4N2O6S. The summed E-state index contributed by atoms with van der Waals surface area (Å²) in [4.78, 5) is 23.3. The van der Waals surface area contributed by atoms with E-state index in [2.05, 4.69) is 4.74 Å². The van der Waals surface area contributed by atoms with E-state index in [1.165, 1.54) is 24.3 Å². The Hall–Kier alpha value is -3.71. The van der Waals surface area contributed by atoms with Crippen LogP contribution in [0.15, 0.2) is 53.4 Å². The van der Waals surface area contributed by atoms with Crippen molar-refractivity contribution in [2.75, 3.05) is 13.2 Å². The van der Waals surface area contributed by atoms with E-state index in [0.717, 1.165) is 18.2 Å². The highest BCUT2D eigenvalue weighted by molar-refractivity contribution is 7.89. The van der Waals surface area contributed by atoms with Gasteiger partial charge in [0.05, 0.1) is 0 Å². The number of halogens is 4. The molecule has 192 valence electrons. The van der Waals surface area contributed by atoms with E-state index in [-0.39, 0.29) is 11.3 Å². The Morgan fingerprint density at radius 2 is 1.64 bits per heavy atom. The molecule has 0 aliphatic carbocycles. The zero-order chi connectivity index (χ0) is 26.6. The first kappa shape index (κ1) is 26.9. The molecule has 1 N–H and O–H groups in total. The maximum absolute atomic E-state index is 13.7. The van der Waals surface area contributed by atoms with Crippen LogP contribution in [0.3, 0.4) is 0 Å². The summed E-state index contributed by atoms with van der Waals surface area (Å²) in [6.07, 6.45) is 0. The van der Waals surface area contributed by atoms with Gasteiger partial charge in [-0.15, -0.1) is 0 Å². The molecule has 2 aromatic carbocycles. The lowest BCUT2D eigenvalue weighted by atomic mass is 10.1. The zero-order valence-electron chi connectivity index (χ0n) is 18.9. The van der Waals surface area contributed by atoms with Crippen molar-refractivity contribution < 1.29 is 45.0 Å². The van der Waals surface area contributed by atoms with Gasteiger partial charge in [0, 0.05) is 22.6 Å². The summed E-state index contributed by atoms with van der Waals surface area (Å²) in [6.45, 7) is -1.32. The van der Waals surface area contributed by atoms with Crippen molar-refractivity contribution in [3.05, 3.63) is 77.1 Å². The predicted molar refractivity (Wildman–Crippen MR) is 119 cm³/mol. The molecule has 0 radical (unpaired) electrons. The highest BCUT2D eigenvalue weighted by Crippen LogP contribution is 2.24. The number of esters is 1. The highest BCUT2D eigenvalue weighted by Gasteiger charge is 2.25. The molecule has 36 heavy (non-hydrogen) atoms. The Labute approximate surface area is 203 Å². The fourth-order valence-electron chi connectivity index (χ4n) is 3.46. The third kappa shape index (κ3) is 6.10. The van der Waals surface area contributed by atoms with E-state index < -0.39 is 58.1 Å². The molecule has 0 atom stereocenters. The number of aryl methyl sites for hydroxylation is 1. The predicted octanol–water partition coefficient (Wildman–Crippen LogP) is 3.68.